The molecule has 1 aromatic carbocycles. The highest BCUT2D eigenvalue weighted by Gasteiger charge is 2.26. The number of hydrogen-bond acceptors (Lipinski definition) is 5. The van der Waals surface area contributed by atoms with Crippen molar-refractivity contribution in [1.82, 2.24) is 20.1 Å². The second kappa shape index (κ2) is 12.6. The average molecular weight is 511 g/mol. The van der Waals surface area contributed by atoms with Gasteiger partial charge in [-0.3, -0.25) is 14.4 Å². The average Bonchev–Trinajstić information content (AvgIpc) is 2.87. The first-order chi connectivity index (χ1) is 17.6. The van der Waals surface area contributed by atoms with Crippen LogP contribution in [0.1, 0.15) is 72.7 Å². The van der Waals surface area contributed by atoms with Crippen molar-refractivity contribution >= 4 is 17.9 Å². The van der Waals surface area contributed by atoms with Gasteiger partial charge in [0.2, 0.25) is 0 Å². The Balaban J connectivity index is 1.54. The van der Waals surface area contributed by atoms with Crippen LogP contribution in [-0.4, -0.2) is 59.7 Å². The smallest absolute Gasteiger partial charge is 0.410 e. The molecule has 1 fully saturated rings. The minimum Gasteiger partial charge on any atom is -0.444 e. The van der Waals surface area contributed by atoms with E-state index in [9.17, 15) is 19.2 Å². The van der Waals surface area contributed by atoms with Crippen LogP contribution in [0, 0.1) is 5.92 Å². The lowest BCUT2D eigenvalue weighted by molar-refractivity contribution is 0.0180. The summed E-state index contributed by atoms with van der Waals surface area (Å²) in [5.74, 6) is -0.367. The lowest BCUT2D eigenvalue weighted by Gasteiger charge is -2.33. The Morgan fingerprint density at radius 3 is 2.35 bits per heavy atom. The zero-order valence-electron chi connectivity index (χ0n) is 22.2. The van der Waals surface area contributed by atoms with Crippen molar-refractivity contribution in [2.45, 2.75) is 58.6 Å². The molecule has 1 aromatic heterocycles. The fraction of sp³-hybridized carbons (Fsp3) is 0.500. The van der Waals surface area contributed by atoms with Gasteiger partial charge < -0.3 is 24.8 Å². The highest BCUT2D eigenvalue weighted by atomic mass is 16.6. The van der Waals surface area contributed by atoms with E-state index in [0.29, 0.717) is 25.6 Å². The number of hydrogen-bond donors (Lipinski definition) is 2. The van der Waals surface area contributed by atoms with Crippen LogP contribution in [0.3, 0.4) is 0 Å². The van der Waals surface area contributed by atoms with Gasteiger partial charge >= 0.3 is 6.09 Å². The maximum Gasteiger partial charge on any atom is 0.410 e. The van der Waals surface area contributed by atoms with Crippen LogP contribution < -0.4 is 16.2 Å². The molecule has 9 heteroatoms. The molecule has 1 aliphatic heterocycles. The first-order valence-electron chi connectivity index (χ1n) is 12.8. The number of amides is 3. The molecule has 3 amide bonds. The number of nitrogens with one attached hydrogen (secondary N) is 2. The Bertz CT molecular complexity index is 1150. The van der Waals surface area contributed by atoms with Crippen molar-refractivity contribution in [1.29, 1.82) is 0 Å². The summed E-state index contributed by atoms with van der Waals surface area (Å²) in [5.41, 5.74) is 0.144. The molecule has 9 nitrogen and oxygen atoms in total. The molecule has 37 heavy (non-hydrogen) atoms. The van der Waals surface area contributed by atoms with E-state index in [1.165, 1.54) is 23.9 Å². The Morgan fingerprint density at radius 2 is 1.73 bits per heavy atom. The van der Waals surface area contributed by atoms with Gasteiger partial charge in [0, 0.05) is 32.9 Å². The summed E-state index contributed by atoms with van der Waals surface area (Å²) in [4.78, 5) is 52.0. The third-order valence-electron chi connectivity index (χ3n) is 6.36. The molecule has 2 N–H and O–H groups in total. The lowest BCUT2D eigenvalue weighted by Crippen LogP contribution is -2.41. The molecule has 2 heterocycles. The number of piperidine rings is 1. The first kappa shape index (κ1) is 28.0. The van der Waals surface area contributed by atoms with Crippen LogP contribution in [0.25, 0.3) is 0 Å². The van der Waals surface area contributed by atoms with Gasteiger partial charge in [-0.1, -0.05) is 30.3 Å². The van der Waals surface area contributed by atoms with Crippen LogP contribution in [0.15, 0.2) is 47.4 Å². The number of aromatic nitrogens is 1. The summed E-state index contributed by atoms with van der Waals surface area (Å²) < 4.78 is 6.85. The number of nitrogens with zero attached hydrogens (tertiary/aromatic N) is 2. The number of rotatable bonds is 8. The molecule has 1 saturated heterocycles. The van der Waals surface area contributed by atoms with E-state index in [-0.39, 0.29) is 29.7 Å². The van der Waals surface area contributed by atoms with Crippen LogP contribution in [0.4, 0.5) is 4.79 Å². The number of carbonyl (C=O) groups excluding carboxylic acids is 3. The van der Waals surface area contributed by atoms with E-state index in [1.54, 1.807) is 4.90 Å². The Labute approximate surface area is 218 Å². The second-order valence-corrected chi connectivity index (χ2v) is 10.4. The maximum atomic E-state index is 12.9. The molecular formula is C28H38N4O5. The van der Waals surface area contributed by atoms with Crippen molar-refractivity contribution < 1.29 is 19.1 Å². The molecule has 3 rings (SSSR count). The highest BCUT2D eigenvalue weighted by molar-refractivity contribution is 5.99. The molecule has 0 aliphatic carbocycles. The fourth-order valence-corrected chi connectivity index (χ4v) is 4.38. The molecule has 0 saturated carbocycles. The fourth-order valence-electron chi connectivity index (χ4n) is 4.38. The van der Waals surface area contributed by atoms with Crippen molar-refractivity contribution in [2.75, 3.05) is 26.7 Å². The monoisotopic (exact) mass is 510 g/mol. The Morgan fingerprint density at radius 1 is 1.05 bits per heavy atom. The van der Waals surface area contributed by atoms with E-state index in [4.69, 9.17) is 4.74 Å². The van der Waals surface area contributed by atoms with Crippen molar-refractivity contribution in [3.05, 3.63) is 69.6 Å². The molecule has 0 radical (unpaired) electrons. The Hall–Kier alpha value is -3.62. The normalized spacial score (nSPS) is 14.2. The summed E-state index contributed by atoms with van der Waals surface area (Å²) in [6.45, 7) is 7.69. The molecule has 0 unspecified atom stereocenters. The van der Waals surface area contributed by atoms with Crippen molar-refractivity contribution in [3.63, 3.8) is 0 Å². The topological polar surface area (TPSA) is 110 Å². The zero-order valence-corrected chi connectivity index (χ0v) is 22.2. The predicted octanol–water partition coefficient (Wildman–Crippen LogP) is 3.41. The summed E-state index contributed by atoms with van der Waals surface area (Å²) >= 11 is 0. The van der Waals surface area contributed by atoms with Gasteiger partial charge in [-0.05, 0) is 64.0 Å². The van der Waals surface area contributed by atoms with E-state index in [0.717, 1.165) is 31.2 Å². The minimum absolute atomic E-state index is 0.0668. The number of benzene rings is 1. The number of ether oxygens (including phenoxy) is 1. The molecular weight excluding hydrogens is 472 g/mol. The van der Waals surface area contributed by atoms with Gasteiger partial charge in [0.15, 0.2) is 0 Å². The maximum absolute atomic E-state index is 12.9. The van der Waals surface area contributed by atoms with Gasteiger partial charge in [-0.15, -0.1) is 0 Å². The van der Waals surface area contributed by atoms with Gasteiger partial charge in [0.05, 0.1) is 12.1 Å². The highest BCUT2D eigenvalue weighted by Crippen LogP contribution is 2.23. The minimum atomic E-state index is -0.529. The molecule has 0 spiro atoms. The van der Waals surface area contributed by atoms with Gasteiger partial charge in [0.25, 0.3) is 17.4 Å². The first-order valence-corrected chi connectivity index (χ1v) is 12.8. The number of likely N-dealkylation sites (tertiary alicyclic amines) is 1. The van der Waals surface area contributed by atoms with Crippen LogP contribution in [-0.2, 0) is 11.3 Å². The summed E-state index contributed by atoms with van der Waals surface area (Å²) in [7, 11) is 1.45. The molecule has 1 aliphatic rings. The predicted molar refractivity (Wildman–Crippen MR) is 142 cm³/mol. The van der Waals surface area contributed by atoms with Crippen LogP contribution in [0.2, 0.25) is 0 Å². The second-order valence-electron chi connectivity index (χ2n) is 10.4. The SMILES string of the molecule is CNC(=O)c1cc(C(=O)NCCCC2CCN(C(=O)OC(C)(C)C)CC2)cn(Cc2ccccc2)c1=O. The van der Waals surface area contributed by atoms with E-state index >= 15 is 0 Å². The van der Waals surface area contributed by atoms with Crippen molar-refractivity contribution in [3.8, 4) is 0 Å². The van der Waals surface area contributed by atoms with Gasteiger partial charge in [0.1, 0.15) is 11.2 Å². The summed E-state index contributed by atoms with van der Waals surface area (Å²) in [5, 5.41) is 5.39. The van der Waals surface area contributed by atoms with Crippen molar-refractivity contribution in [2.24, 2.45) is 5.92 Å². The standard InChI is InChI=1S/C28H38N4O5/c1-28(2,3)37-27(36)31-15-12-20(13-16-31)11-8-14-30-24(33)22-17-23(25(34)29-4)26(35)32(19-22)18-21-9-6-5-7-10-21/h5-7,9-10,17,19-20H,8,11-16,18H2,1-4H3,(H,29,34)(H,30,33). The van der Waals surface area contributed by atoms with E-state index < -0.39 is 17.1 Å². The third kappa shape index (κ3) is 8.20. The molecule has 0 bridgehead atoms. The van der Waals surface area contributed by atoms with Crippen LogP contribution >= 0.6 is 0 Å². The largest absolute Gasteiger partial charge is 0.444 e. The molecule has 0 atom stereocenters. The molecule has 2 aromatic rings. The van der Waals surface area contributed by atoms with E-state index in [1.807, 2.05) is 51.1 Å². The lowest BCUT2D eigenvalue weighted by atomic mass is 9.92. The van der Waals surface area contributed by atoms with E-state index in [2.05, 4.69) is 10.6 Å². The Kier molecular flexibility index (Phi) is 9.49. The summed E-state index contributed by atoms with van der Waals surface area (Å²) in [6.07, 6.45) is 4.81. The van der Waals surface area contributed by atoms with Gasteiger partial charge in [-0.2, -0.15) is 0 Å². The molecule has 200 valence electrons. The zero-order chi connectivity index (χ0) is 27.0. The quantitative estimate of drug-likeness (QED) is 0.529. The number of pyridine rings is 1. The summed E-state index contributed by atoms with van der Waals surface area (Å²) in [6, 6.07) is 10.8. The van der Waals surface area contributed by atoms with Crippen LogP contribution in [0.5, 0.6) is 0 Å². The van der Waals surface area contributed by atoms with Gasteiger partial charge in [-0.25, -0.2) is 4.79 Å². The third-order valence-corrected chi connectivity index (χ3v) is 6.36. The number of carbonyl (C=O) groups is 3.